The maximum atomic E-state index is 12.8. The zero-order chi connectivity index (χ0) is 14.8. The molecule has 4 nitrogen and oxygen atoms in total. The van der Waals surface area contributed by atoms with E-state index in [-0.39, 0.29) is 18.0 Å². The average Bonchev–Trinajstić information content (AvgIpc) is 2.92. The first-order chi connectivity index (χ1) is 10.2. The van der Waals surface area contributed by atoms with Crippen molar-refractivity contribution in [1.29, 1.82) is 0 Å². The summed E-state index contributed by atoms with van der Waals surface area (Å²) in [6, 6.07) is 10.4. The van der Waals surface area contributed by atoms with E-state index in [4.69, 9.17) is 5.73 Å². The predicted molar refractivity (Wildman–Crippen MR) is 85.2 cm³/mol. The van der Waals surface area contributed by atoms with Crippen molar-refractivity contribution in [2.45, 2.75) is 44.7 Å². The van der Waals surface area contributed by atoms with Gasteiger partial charge in [-0.25, -0.2) is 0 Å². The van der Waals surface area contributed by atoms with E-state index >= 15 is 0 Å². The summed E-state index contributed by atoms with van der Waals surface area (Å²) < 4.78 is 0. The minimum Gasteiger partial charge on any atom is -0.351 e. The van der Waals surface area contributed by atoms with Gasteiger partial charge >= 0.3 is 0 Å². The minimum absolute atomic E-state index is 0.0906. The Morgan fingerprint density at radius 1 is 1.38 bits per heavy atom. The molecule has 2 aromatic rings. The van der Waals surface area contributed by atoms with Gasteiger partial charge in [0.05, 0.1) is 0 Å². The monoisotopic (exact) mass is 285 g/mol. The molecule has 1 saturated carbocycles. The molecule has 0 aliphatic heterocycles. The fraction of sp³-hybridized carbons (Fsp3) is 0.471. The number of hydrogen-bond acceptors (Lipinski definition) is 2. The van der Waals surface area contributed by atoms with Gasteiger partial charge in [-0.15, -0.1) is 0 Å². The fourth-order valence-corrected chi connectivity index (χ4v) is 3.39. The molecule has 3 rings (SSSR count). The molecular formula is C17H23N3O. The second-order valence-corrected chi connectivity index (χ2v) is 5.94. The number of benzene rings is 1. The lowest BCUT2D eigenvalue weighted by Gasteiger charge is -2.35. The average molecular weight is 285 g/mol. The van der Waals surface area contributed by atoms with E-state index in [1.807, 2.05) is 42.2 Å². The lowest BCUT2D eigenvalue weighted by molar-refractivity contribution is 0.0633. The third-order valence-electron chi connectivity index (χ3n) is 4.49. The van der Waals surface area contributed by atoms with Crippen molar-refractivity contribution in [2.75, 3.05) is 6.54 Å². The molecule has 3 N–H and O–H groups in total. The minimum atomic E-state index is 0.0906. The number of amides is 1. The number of hydrogen-bond donors (Lipinski definition) is 2. The summed E-state index contributed by atoms with van der Waals surface area (Å²) in [5.74, 6) is 0.0906. The Labute approximate surface area is 125 Å². The number of fused-ring (bicyclic) bond motifs is 1. The molecule has 1 aliphatic carbocycles. The van der Waals surface area contributed by atoms with Crippen LogP contribution < -0.4 is 5.73 Å². The lowest BCUT2D eigenvalue weighted by Crippen LogP contribution is -2.45. The van der Waals surface area contributed by atoms with Crippen molar-refractivity contribution < 1.29 is 4.79 Å². The first kappa shape index (κ1) is 14.1. The number of nitrogens with two attached hydrogens (primary N) is 1. The predicted octanol–water partition coefficient (Wildman–Crippen LogP) is 2.90. The van der Waals surface area contributed by atoms with Crippen molar-refractivity contribution in [2.24, 2.45) is 5.73 Å². The smallest absolute Gasteiger partial charge is 0.270 e. The van der Waals surface area contributed by atoms with Crippen molar-refractivity contribution >= 4 is 16.8 Å². The van der Waals surface area contributed by atoms with E-state index in [0.29, 0.717) is 5.69 Å². The topological polar surface area (TPSA) is 62.1 Å². The van der Waals surface area contributed by atoms with Crippen LogP contribution >= 0.6 is 0 Å². The maximum Gasteiger partial charge on any atom is 0.270 e. The number of para-hydroxylation sites is 1. The number of carbonyl (C=O) groups excluding carboxylic acids is 1. The number of aromatic amines is 1. The van der Waals surface area contributed by atoms with Gasteiger partial charge in [0, 0.05) is 29.5 Å². The summed E-state index contributed by atoms with van der Waals surface area (Å²) in [7, 11) is 0. The van der Waals surface area contributed by atoms with Gasteiger partial charge in [-0.05, 0) is 44.7 Å². The summed E-state index contributed by atoms with van der Waals surface area (Å²) in [5.41, 5.74) is 7.76. The van der Waals surface area contributed by atoms with Crippen LogP contribution in [-0.4, -0.2) is 34.4 Å². The fourth-order valence-electron chi connectivity index (χ4n) is 3.39. The molecule has 1 aromatic carbocycles. The first-order valence-corrected chi connectivity index (χ1v) is 7.83. The summed E-state index contributed by atoms with van der Waals surface area (Å²) in [4.78, 5) is 18.0. The van der Waals surface area contributed by atoms with Crippen LogP contribution in [0.1, 0.15) is 43.1 Å². The second-order valence-electron chi connectivity index (χ2n) is 5.94. The van der Waals surface area contributed by atoms with Gasteiger partial charge in [-0.1, -0.05) is 18.2 Å². The van der Waals surface area contributed by atoms with Crippen LogP contribution in [0.25, 0.3) is 10.9 Å². The number of nitrogens with one attached hydrogen (secondary N) is 1. The third kappa shape index (κ3) is 2.81. The zero-order valence-electron chi connectivity index (χ0n) is 12.5. The number of carbonyl (C=O) groups is 1. The van der Waals surface area contributed by atoms with Gasteiger partial charge < -0.3 is 15.6 Å². The zero-order valence-corrected chi connectivity index (χ0v) is 12.5. The second kappa shape index (κ2) is 5.90. The van der Waals surface area contributed by atoms with Crippen LogP contribution in [0.15, 0.2) is 30.3 Å². The number of H-pyrrole nitrogens is 1. The molecular weight excluding hydrogens is 262 g/mol. The number of rotatable bonds is 3. The molecule has 1 heterocycles. The van der Waals surface area contributed by atoms with Gasteiger partial charge in [0.1, 0.15) is 5.69 Å². The van der Waals surface area contributed by atoms with Crippen LogP contribution in [0, 0.1) is 0 Å². The van der Waals surface area contributed by atoms with Gasteiger partial charge in [0.15, 0.2) is 0 Å². The molecule has 1 unspecified atom stereocenters. The third-order valence-corrected chi connectivity index (χ3v) is 4.49. The van der Waals surface area contributed by atoms with Gasteiger partial charge in [-0.3, -0.25) is 4.79 Å². The highest BCUT2D eigenvalue weighted by atomic mass is 16.2. The highest BCUT2D eigenvalue weighted by Gasteiger charge is 2.28. The Bertz CT molecular complexity index is 601. The molecule has 1 aliphatic rings. The van der Waals surface area contributed by atoms with Crippen molar-refractivity contribution in [3.05, 3.63) is 36.0 Å². The molecule has 1 fully saturated rings. The molecule has 4 heteroatoms. The Balaban J connectivity index is 1.84. The summed E-state index contributed by atoms with van der Waals surface area (Å²) in [6.07, 6.45) is 4.17. The number of nitrogens with zero attached hydrogens (tertiary/aromatic N) is 1. The summed E-state index contributed by atoms with van der Waals surface area (Å²) >= 11 is 0. The normalized spacial score (nSPS) is 22.4. The van der Waals surface area contributed by atoms with Crippen molar-refractivity contribution in [1.82, 2.24) is 9.88 Å². The molecule has 0 spiro atoms. The highest BCUT2D eigenvalue weighted by Crippen LogP contribution is 2.24. The molecule has 0 bridgehead atoms. The van der Waals surface area contributed by atoms with Gasteiger partial charge in [-0.2, -0.15) is 0 Å². The van der Waals surface area contributed by atoms with Crippen LogP contribution in [-0.2, 0) is 0 Å². The Hall–Kier alpha value is -1.81. The van der Waals surface area contributed by atoms with Crippen LogP contribution in [0.4, 0.5) is 0 Å². The first-order valence-electron chi connectivity index (χ1n) is 7.83. The summed E-state index contributed by atoms with van der Waals surface area (Å²) in [5, 5.41) is 1.08. The molecule has 1 amide bonds. The van der Waals surface area contributed by atoms with Crippen molar-refractivity contribution in [3.8, 4) is 0 Å². The Kier molecular flexibility index (Phi) is 3.97. The molecule has 112 valence electrons. The maximum absolute atomic E-state index is 12.8. The SMILES string of the molecule is CCN(C(=O)c1cc2ccccc2[nH]1)[C@H]1CCCC(N)C1. The van der Waals surface area contributed by atoms with Crippen molar-refractivity contribution in [3.63, 3.8) is 0 Å². The van der Waals surface area contributed by atoms with E-state index in [1.54, 1.807) is 0 Å². The van der Waals surface area contributed by atoms with E-state index in [0.717, 1.165) is 43.1 Å². The molecule has 0 radical (unpaired) electrons. The van der Waals surface area contributed by atoms with Crippen LogP contribution in [0.3, 0.4) is 0 Å². The molecule has 2 atom stereocenters. The Morgan fingerprint density at radius 2 is 2.19 bits per heavy atom. The molecule has 0 saturated heterocycles. The molecule has 1 aromatic heterocycles. The largest absolute Gasteiger partial charge is 0.351 e. The van der Waals surface area contributed by atoms with Gasteiger partial charge in [0.25, 0.3) is 5.91 Å². The van der Waals surface area contributed by atoms with E-state index < -0.39 is 0 Å². The van der Waals surface area contributed by atoms with E-state index in [1.165, 1.54) is 0 Å². The highest BCUT2D eigenvalue weighted by molar-refractivity contribution is 5.98. The van der Waals surface area contributed by atoms with Gasteiger partial charge in [0.2, 0.25) is 0 Å². The standard InChI is InChI=1S/C17H23N3O/c1-2-20(14-8-5-7-13(18)11-14)17(21)16-10-12-6-3-4-9-15(12)19-16/h3-4,6,9-10,13-14,19H,2,5,7-8,11,18H2,1H3/t13?,14-/m0/s1. The van der Waals surface area contributed by atoms with Crippen LogP contribution in [0.5, 0.6) is 0 Å². The quantitative estimate of drug-likeness (QED) is 0.911. The van der Waals surface area contributed by atoms with Crippen LogP contribution in [0.2, 0.25) is 0 Å². The van der Waals surface area contributed by atoms with E-state index in [9.17, 15) is 4.79 Å². The lowest BCUT2D eigenvalue weighted by atomic mass is 9.90. The molecule has 21 heavy (non-hydrogen) atoms. The Morgan fingerprint density at radius 3 is 2.90 bits per heavy atom. The summed E-state index contributed by atoms with van der Waals surface area (Å²) in [6.45, 7) is 2.77. The van der Waals surface area contributed by atoms with E-state index in [2.05, 4.69) is 4.98 Å². The number of aromatic nitrogens is 1.